The second-order valence-electron chi connectivity index (χ2n) is 7.02. The van der Waals surface area contributed by atoms with Crippen molar-refractivity contribution < 1.29 is 23.4 Å². The quantitative estimate of drug-likeness (QED) is 0.638. The Labute approximate surface area is 161 Å². The molecule has 0 aliphatic carbocycles. The minimum atomic E-state index is -2.64. The van der Waals surface area contributed by atoms with Crippen LogP contribution in [0.2, 0.25) is 0 Å². The van der Waals surface area contributed by atoms with Crippen LogP contribution in [-0.2, 0) is 0 Å². The highest BCUT2D eigenvalue weighted by Gasteiger charge is 2.31. The highest BCUT2D eigenvalue weighted by molar-refractivity contribution is 5.96. The van der Waals surface area contributed by atoms with Gasteiger partial charge in [0, 0.05) is 11.9 Å². The number of hydrogen-bond donors (Lipinski definition) is 2. The zero-order chi connectivity index (χ0) is 20.3. The first-order valence-corrected chi connectivity index (χ1v) is 8.87. The second-order valence-corrected chi connectivity index (χ2v) is 7.02. The monoisotopic (exact) mass is 388 g/mol. The van der Waals surface area contributed by atoms with Crippen LogP contribution in [0.3, 0.4) is 0 Å². The molecule has 3 aromatic rings. The molecular weight excluding hydrogens is 366 g/mol. The largest absolute Gasteiger partial charge is 0.456 e. The Morgan fingerprint density at radius 2 is 1.93 bits per heavy atom. The number of amides is 1. The number of carbonyl (C=O) groups excluding carboxylic acids is 1. The molecule has 1 aromatic carbocycles. The van der Waals surface area contributed by atoms with E-state index >= 15 is 0 Å². The van der Waals surface area contributed by atoms with Crippen LogP contribution in [0.5, 0.6) is 11.5 Å². The molecule has 0 aliphatic rings. The second kappa shape index (κ2) is 7.98. The fourth-order valence-corrected chi connectivity index (χ4v) is 3.09. The Hall–Kier alpha value is -2.93. The molecule has 0 fully saturated rings. The van der Waals surface area contributed by atoms with Gasteiger partial charge in [0.25, 0.3) is 5.91 Å². The van der Waals surface area contributed by atoms with E-state index in [9.17, 15) is 18.7 Å². The first-order valence-electron chi connectivity index (χ1n) is 8.87. The summed E-state index contributed by atoms with van der Waals surface area (Å²) >= 11 is 0. The molecule has 1 amide bonds. The lowest BCUT2D eigenvalue weighted by atomic mass is 9.99. The Bertz CT molecular complexity index is 972. The molecule has 1 unspecified atom stereocenters. The summed E-state index contributed by atoms with van der Waals surface area (Å²) in [5, 5.41) is 12.0. The number of halogens is 2. The van der Waals surface area contributed by atoms with Crippen molar-refractivity contribution in [3.63, 3.8) is 0 Å². The summed E-state index contributed by atoms with van der Waals surface area (Å²) in [6, 6.07) is 14.6. The molecule has 7 heteroatoms. The van der Waals surface area contributed by atoms with Crippen LogP contribution in [0.1, 0.15) is 29.4 Å². The normalized spacial score (nSPS) is 13.5. The number of carbonyl (C=O) groups is 1. The van der Waals surface area contributed by atoms with E-state index in [1.54, 1.807) is 23.6 Å². The number of ether oxygens (including phenoxy) is 1. The zero-order valence-electron chi connectivity index (χ0n) is 15.7. The zero-order valence-corrected chi connectivity index (χ0v) is 15.7. The van der Waals surface area contributed by atoms with E-state index in [1.807, 2.05) is 42.5 Å². The summed E-state index contributed by atoms with van der Waals surface area (Å²) in [6.45, 7) is 2.57. The fraction of sp³-hybridized carbons (Fsp3) is 0.286. The van der Waals surface area contributed by atoms with Gasteiger partial charge >= 0.3 is 0 Å². The molecular formula is C21H22F2N2O3. The van der Waals surface area contributed by atoms with E-state index in [0.717, 1.165) is 5.52 Å². The van der Waals surface area contributed by atoms with Crippen LogP contribution in [0.25, 0.3) is 5.52 Å². The third-order valence-corrected chi connectivity index (χ3v) is 4.49. The molecule has 0 bridgehead atoms. The molecule has 0 saturated carbocycles. The van der Waals surface area contributed by atoms with Crippen molar-refractivity contribution in [2.75, 3.05) is 6.61 Å². The minimum absolute atomic E-state index is 0.308. The van der Waals surface area contributed by atoms with Crippen LogP contribution in [0, 0.1) is 6.92 Å². The number of alkyl halides is 2. The molecule has 2 heterocycles. The van der Waals surface area contributed by atoms with Gasteiger partial charge in [-0.1, -0.05) is 18.2 Å². The fourth-order valence-electron chi connectivity index (χ4n) is 3.09. The van der Waals surface area contributed by atoms with Gasteiger partial charge in [-0.3, -0.25) is 4.79 Å². The number of nitrogens with zero attached hydrogens (tertiary/aromatic N) is 1. The van der Waals surface area contributed by atoms with Crippen molar-refractivity contribution in [3.8, 4) is 11.5 Å². The van der Waals surface area contributed by atoms with E-state index in [0.29, 0.717) is 22.8 Å². The maximum atomic E-state index is 12.8. The first kappa shape index (κ1) is 19.8. The van der Waals surface area contributed by atoms with Crippen LogP contribution < -0.4 is 10.1 Å². The summed E-state index contributed by atoms with van der Waals surface area (Å²) in [4.78, 5) is 12.8. The van der Waals surface area contributed by atoms with Crippen LogP contribution in [-0.4, -0.2) is 34.0 Å². The predicted molar refractivity (Wildman–Crippen MR) is 102 cm³/mol. The topological polar surface area (TPSA) is 63.0 Å². The molecule has 1 atom stereocenters. The predicted octanol–water partition coefficient (Wildman–Crippen LogP) is 4.18. The van der Waals surface area contributed by atoms with Gasteiger partial charge in [-0.05, 0) is 49.7 Å². The molecule has 2 N–H and O–H groups in total. The van der Waals surface area contributed by atoms with Crippen LogP contribution in [0.4, 0.5) is 8.78 Å². The number of aliphatic hydroxyl groups is 1. The number of fused-ring (bicyclic) bond motifs is 1. The molecule has 2 aromatic heterocycles. The molecule has 0 spiro atoms. The van der Waals surface area contributed by atoms with Gasteiger partial charge in [-0.2, -0.15) is 0 Å². The van der Waals surface area contributed by atoms with E-state index in [4.69, 9.17) is 4.74 Å². The van der Waals surface area contributed by atoms with Crippen molar-refractivity contribution >= 4 is 11.4 Å². The maximum absolute atomic E-state index is 12.8. The summed E-state index contributed by atoms with van der Waals surface area (Å²) in [7, 11) is 0. The minimum Gasteiger partial charge on any atom is -0.456 e. The van der Waals surface area contributed by atoms with Gasteiger partial charge in [-0.15, -0.1) is 0 Å². The molecule has 0 saturated heterocycles. The van der Waals surface area contributed by atoms with E-state index in [1.165, 1.54) is 6.92 Å². The van der Waals surface area contributed by atoms with Crippen molar-refractivity contribution in [3.05, 3.63) is 66.0 Å². The molecule has 0 radical (unpaired) electrons. The van der Waals surface area contributed by atoms with Crippen molar-refractivity contribution in [2.24, 2.45) is 0 Å². The van der Waals surface area contributed by atoms with Gasteiger partial charge < -0.3 is 19.6 Å². The molecule has 148 valence electrons. The van der Waals surface area contributed by atoms with Gasteiger partial charge in [0.2, 0.25) is 6.43 Å². The number of aryl methyl sites for hydroxylation is 1. The Morgan fingerprint density at radius 1 is 1.21 bits per heavy atom. The molecule has 3 rings (SSSR count). The number of aliphatic hydroxyl groups excluding tert-OH is 1. The van der Waals surface area contributed by atoms with Crippen LogP contribution >= 0.6 is 0 Å². The summed E-state index contributed by atoms with van der Waals surface area (Å²) < 4.78 is 33.1. The molecule has 0 aliphatic heterocycles. The standard InChI is InChI=1S/C21H22F2N2O3/c1-14-10-15-8-9-17(28-16-6-4-3-5-7-16)12-25(15)19(14)20(27)24-21(2,13-26)11-18(22)23/h3-10,12,18,26H,11,13H2,1-2H3,(H,24,27). The third-order valence-electron chi connectivity index (χ3n) is 4.49. The number of nitrogens with one attached hydrogen (secondary N) is 1. The van der Waals surface area contributed by atoms with E-state index < -0.39 is 30.9 Å². The average Bonchev–Trinajstić information content (AvgIpc) is 2.97. The van der Waals surface area contributed by atoms with Gasteiger partial charge in [0.1, 0.15) is 17.2 Å². The summed E-state index contributed by atoms with van der Waals surface area (Å²) in [5.74, 6) is 0.647. The summed E-state index contributed by atoms with van der Waals surface area (Å²) in [5.41, 5.74) is 0.344. The number of rotatable bonds is 7. The molecule has 28 heavy (non-hydrogen) atoms. The van der Waals surface area contributed by atoms with Crippen molar-refractivity contribution in [1.29, 1.82) is 0 Å². The average molecular weight is 388 g/mol. The number of hydrogen-bond acceptors (Lipinski definition) is 3. The maximum Gasteiger partial charge on any atom is 0.269 e. The van der Waals surface area contributed by atoms with Gasteiger partial charge in [0.15, 0.2) is 0 Å². The number of para-hydroxylation sites is 1. The van der Waals surface area contributed by atoms with Gasteiger partial charge in [0.05, 0.1) is 18.3 Å². The Morgan fingerprint density at radius 3 is 2.57 bits per heavy atom. The number of benzene rings is 1. The van der Waals surface area contributed by atoms with E-state index in [-0.39, 0.29) is 0 Å². The third kappa shape index (κ3) is 4.31. The SMILES string of the molecule is Cc1cc2ccc(Oc3ccccc3)cn2c1C(=O)NC(C)(CO)CC(F)F. The number of pyridine rings is 1. The van der Waals surface area contributed by atoms with Gasteiger partial charge in [-0.25, -0.2) is 8.78 Å². The smallest absolute Gasteiger partial charge is 0.269 e. The van der Waals surface area contributed by atoms with Crippen molar-refractivity contribution in [1.82, 2.24) is 9.72 Å². The lowest BCUT2D eigenvalue weighted by molar-refractivity contribution is 0.0582. The van der Waals surface area contributed by atoms with Crippen molar-refractivity contribution in [2.45, 2.75) is 32.2 Å². The molecule has 5 nitrogen and oxygen atoms in total. The van der Waals surface area contributed by atoms with E-state index in [2.05, 4.69) is 5.32 Å². The Kier molecular flexibility index (Phi) is 5.65. The highest BCUT2D eigenvalue weighted by Crippen LogP contribution is 2.25. The summed E-state index contributed by atoms with van der Waals surface area (Å²) in [6.07, 6.45) is -1.61. The lowest BCUT2D eigenvalue weighted by Gasteiger charge is -2.28. The lowest BCUT2D eigenvalue weighted by Crippen LogP contribution is -2.50. The van der Waals surface area contributed by atoms with Crippen LogP contribution in [0.15, 0.2) is 54.7 Å². The first-order chi connectivity index (χ1) is 13.3. The highest BCUT2D eigenvalue weighted by atomic mass is 19.3. The number of aromatic nitrogens is 1. The Balaban J connectivity index is 1.92.